The molecule has 178 valence electrons. The first-order valence-electron chi connectivity index (χ1n) is 12.0. The van der Waals surface area contributed by atoms with Gasteiger partial charge in [-0.05, 0) is 61.3 Å². The maximum atomic E-state index is 13.1. The Hall–Kier alpha value is -3.35. The van der Waals surface area contributed by atoms with Gasteiger partial charge in [0.15, 0.2) is 0 Å². The normalized spacial score (nSPS) is 25.6. The zero-order chi connectivity index (χ0) is 23.9. The molecule has 3 aliphatic rings. The molecule has 0 radical (unpaired) electrons. The number of carbonyl (C=O) groups is 3. The molecule has 5 rings (SSSR count). The molecule has 2 aliphatic carbocycles. The minimum absolute atomic E-state index is 0.0000770. The molecule has 2 fully saturated rings. The molecular formula is C27H30N2O5. The van der Waals surface area contributed by atoms with Crippen molar-refractivity contribution >= 4 is 18.0 Å². The van der Waals surface area contributed by atoms with Crippen LogP contribution in [0.5, 0.6) is 0 Å². The Morgan fingerprint density at radius 1 is 1.06 bits per heavy atom. The van der Waals surface area contributed by atoms with Crippen LogP contribution in [0.2, 0.25) is 0 Å². The number of fused-ring (bicyclic) bond motifs is 3. The highest BCUT2D eigenvalue weighted by Crippen LogP contribution is 2.44. The van der Waals surface area contributed by atoms with Crippen molar-refractivity contribution in [2.24, 2.45) is 5.92 Å². The summed E-state index contributed by atoms with van der Waals surface area (Å²) in [5.74, 6) is -1.33. The van der Waals surface area contributed by atoms with Crippen molar-refractivity contribution in [1.82, 2.24) is 10.2 Å². The molecule has 1 saturated carbocycles. The molecule has 1 heterocycles. The zero-order valence-electron chi connectivity index (χ0n) is 19.3. The summed E-state index contributed by atoms with van der Waals surface area (Å²) in [6.45, 7) is 2.35. The average Bonchev–Trinajstić information content (AvgIpc) is 3.54. The molecule has 0 bridgehead atoms. The summed E-state index contributed by atoms with van der Waals surface area (Å²) in [6, 6.07) is 16.2. The number of likely N-dealkylation sites (tertiary alicyclic amines) is 1. The predicted octanol–water partition coefficient (Wildman–Crippen LogP) is 4.16. The van der Waals surface area contributed by atoms with Crippen LogP contribution in [0.3, 0.4) is 0 Å². The van der Waals surface area contributed by atoms with Crippen molar-refractivity contribution in [3.05, 3.63) is 59.7 Å². The second-order valence-corrected chi connectivity index (χ2v) is 9.85. The first kappa shape index (κ1) is 22.4. The number of alkyl carbamates (subject to hydrolysis) is 1. The average molecular weight is 463 g/mol. The van der Waals surface area contributed by atoms with E-state index < -0.39 is 17.6 Å². The molecule has 3 atom stereocenters. The maximum absolute atomic E-state index is 13.1. The van der Waals surface area contributed by atoms with Gasteiger partial charge < -0.3 is 20.1 Å². The fourth-order valence-corrected chi connectivity index (χ4v) is 5.90. The molecule has 2 aromatic rings. The third-order valence-electron chi connectivity index (χ3n) is 7.82. The highest BCUT2D eigenvalue weighted by molar-refractivity contribution is 5.88. The number of carbonyl (C=O) groups excluding carboxylic acids is 2. The van der Waals surface area contributed by atoms with Crippen LogP contribution in [0.1, 0.15) is 56.1 Å². The number of hydrogen-bond donors (Lipinski definition) is 2. The summed E-state index contributed by atoms with van der Waals surface area (Å²) in [6.07, 6.45) is 2.52. The lowest BCUT2D eigenvalue weighted by atomic mass is 9.97. The number of carboxylic acids is 1. The fraction of sp³-hybridized carbons (Fsp3) is 0.444. The van der Waals surface area contributed by atoms with Crippen molar-refractivity contribution in [2.75, 3.05) is 13.2 Å². The number of amides is 2. The molecule has 2 N–H and O–H groups in total. The van der Waals surface area contributed by atoms with Gasteiger partial charge in [-0.15, -0.1) is 0 Å². The molecule has 1 saturated heterocycles. The van der Waals surface area contributed by atoms with Crippen LogP contribution in [-0.4, -0.2) is 52.7 Å². The second kappa shape index (κ2) is 8.78. The fourth-order valence-electron chi connectivity index (χ4n) is 5.90. The van der Waals surface area contributed by atoms with Crippen molar-refractivity contribution in [1.29, 1.82) is 0 Å². The van der Waals surface area contributed by atoms with E-state index in [0.717, 1.165) is 11.1 Å². The quantitative estimate of drug-likeness (QED) is 0.696. The number of aliphatic carboxylic acids is 1. The van der Waals surface area contributed by atoms with Crippen LogP contribution in [0.4, 0.5) is 4.79 Å². The van der Waals surface area contributed by atoms with Gasteiger partial charge in [0.05, 0.1) is 0 Å². The smallest absolute Gasteiger partial charge is 0.407 e. The van der Waals surface area contributed by atoms with Crippen LogP contribution in [0, 0.1) is 5.92 Å². The molecular weight excluding hydrogens is 432 g/mol. The van der Waals surface area contributed by atoms with Gasteiger partial charge in [0.1, 0.15) is 12.1 Å². The van der Waals surface area contributed by atoms with Gasteiger partial charge in [-0.25, -0.2) is 9.59 Å². The van der Waals surface area contributed by atoms with Gasteiger partial charge in [-0.2, -0.15) is 0 Å². The van der Waals surface area contributed by atoms with E-state index in [1.54, 1.807) is 6.92 Å². The second-order valence-electron chi connectivity index (χ2n) is 9.85. The first-order chi connectivity index (χ1) is 16.4. The van der Waals surface area contributed by atoms with Crippen molar-refractivity contribution in [3.8, 4) is 11.1 Å². The Balaban J connectivity index is 1.17. The molecule has 1 aliphatic heterocycles. The molecule has 2 amide bonds. The van der Waals surface area contributed by atoms with E-state index in [1.807, 2.05) is 24.3 Å². The molecule has 0 unspecified atom stereocenters. The molecule has 7 nitrogen and oxygen atoms in total. The van der Waals surface area contributed by atoms with Crippen molar-refractivity contribution in [3.63, 3.8) is 0 Å². The largest absolute Gasteiger partial charge is 0.480 e. The summed E-state index contributed by atoms with van der Waals surface area (Å²) >= 11 is 0. The van der Waals surface area contributed by atoms with Crippen LogP contribution in [0.25, 0.3) is 11.1 Å². The molecule has 34 heavy (non-hydrogen) atoms. The number of benzene rings is 2. The Morgan fingerprint density at radius 2 is 1.71 bits per heavy atom. The first-order valence-corrected chi connectivity index (χ1v) is 12.0. The molecule has 7 heteroatoms. The topological polar surface area (TPSA) is 95.9 Å². The van der Waals surface area contributed by atoms with Crippen LogP contribution >= 0.6 is 0 Å². The highest BCUT2D eigenvalue weighted by atomic mass is 16.5. The van der Waals surface area contributed by atoms with Gasteiger partial charge in [0.2, 0.25) is 5.91 Å². The summed E-state index contributed by atoms with van der Waals surface area (Å²) in [5, 5.41) is 12.5. The number of nitrogens with one attached hydrogen (secondary N) is 1. The lowest BCUT2D eigenvalue weighted by molar-refractivity contribution is -0.156. The lowest BCUT2D eigenvalue weighted by Crippen LogP contribution is -2.52. The number of hydrogen-bond acceptors (Lipinski definition) is 4. The Labute approximate surface area is 199 Å². The van der Waals surface area contributed by atoms with Crippen LogP contribution < -0.4 is 5.32 Å². The standard InChI is InChI=1S/C27H30N2O5/c1-27(25(31)32)13-6-14-29(27)24(30)17-11-12-18(15-17)28-26(33)34-16-23-21-9-4-2-7-19(21)20-8-3-5-10-22(20)23/h2-5,7-10,17-18,23H,6,11-16H2,1H3,(H,28,33)(H,31,32)/t17-,18+,27+/m1/s1. The van der Waals surface area contributed by atoms with Gasteiger partial charge >= 0.3 is 12.1 Å². The maximum Gasteiger partial charge on any atom is 0.407 e. The third kappa shape index (κ3) is 3.83. The highest BCUT2D eigenvalue weighted by Gasteiger charge is 2.48. The number of ether oxygens (including phenoxy) is 1. The Kier molecular flexibility index (Phi) is 5.80. The van der Waals surface area contributed by atoms with Crippen molar-refractivity contribution < 1.29 is 24.2 Å². The Bertz CT molecular complexity index is 1090. The van der Waals surface area contributed by atoms with Gasteiger partial charge in [-0.3, -0.25) is 4.79 Å². The van der Waals surface area contributed by atoms with E-state index in [0.29, 0.717) is 38.6 Å². The molecule has 0 aromatic heterocycles. The minimum Gasteiger partial charge on any atom is -0.480 e. The lowest BCUT2D eigenvalue weighted by Gasteiger charge is -2.33. The van der Waals surface area contributed by atoms with Gasteiger partial charge in [0.25, 0.3) is 0 Å². The van der Waals surface area contributed by atoms with E-state index in [9.17, 15) is 19.5 Å². The van der Waals surface area contributed by atoms with E-state index in [2.05, 4.69) is 29.6 Å². The van der Waals surface area contributed by atoms with E-state index in [1.165, 1.54) is 16.0 Å². The third-order valence-corrected chi connectivity index (χ3v) is 7.82. The monoisotopic (exact) mass is 462 g/mol. The number of carboxylic acid groups (broad SMARTS) is 1. The van der Waals surface area contributed by atoms with E-state index in [4.69, 9.17) is 4.74 Å². The molecule has 0 spiro atoms. The number of nitrogens with zero attached hydrogens (tertiary/aromatic N) is 1. The van der Waals surface area contributed by atoms with Crippen LogP contribution in [0.15, 0.2) is 48.5 Å². The van der Waals surface area contributed by atoms with E-state index in [-0.39, 0.29) is 30.4 Å². The summed E-state index contributed by atoms with van der Waals surface area (Å²) in [7, 11) is 0. The summed E-state index contributed by atoms with van der Waals surface area (Å²) < 4.78 is 5.64. The predicted molar refractivity (Wildman–Crippen MR) is 126 cm³/mol. The van der Waals surface area contributed by atoms with Gasteiger partial charge in [-0.1, -0.05) is 48.5 Å². The summed E-state index contributed by atoms with van der Waals surface area (Å²) in [5.41, 5.74) is 3.55. The number of rotatable bonds is 5. The van der Waals surface area contributed by atoms with E-state index >= 15 is 0 Å². The van der Waals surface area contributed by atoms with Crippen LogP contribution in [-0.2, 0) is 14.3 Å². The summed E-state index contributed by atoms with van der Waals surface area (Å²) in [4.78, 5) is 38.9. The van der Waals surface area contributed by atoms with Crippen molar-refractivity contribution in [2.45, 2.75) is 56.5 Å². The molecule has 2 aromatic carbocycles. The Morgan fingerprint density at radius 3 is 2.35 bits per heavy atom. The minimum atomic E-state index is -1.13. The SMILES string of the molecule is C[C@@]1(C(=O)O)CCCN1C(=O)[C@@H]1CC[C@H](NC(=O)OCC2c3ccccc3-c3ccccc32)C1. The zero-order valence-corrected chi connectivity index (χ0v) is 19.3. The van der Waals surface area contributed by atoms with Gasteiger partial charge in [0, 0.05) is 24.4 Å².